The molecular weight excluding hydrogens is 320 g/mol. The van der Waals surface area contributed by atoms with Crippen molar-refractivity contribution in [2.45, 2.75) is 76.7 Å². The lowest BCUT2D eigenvalue weighted by Crippen LogP contribution is -2.50. The minimum Gasteiger partial charge on any atom is -0.453 e. The first-order chi connectivity index (χ1) is 11.2. The van der Waals surface area contributed by atoms with Crippen molar-refractivity contribution in [3.8, 4) is 0 Å². The second-order valence-electron chi connectivity index (χ2n) is 8.30. The summed E-state index contributed by atoms with van der Waals surface area (Å²) in [5.74, 6) is -0.268. The lowest BCUT2D eigenvalue weighted by atomic mass is 9.94. The van der Waals surface area contributed by atoms with Gasteiger partial charge in [0.15, 0.2) is 14.4 Å². The average Bonchev–Trinajstić information content (AvgIpc) is 2.84. The van der Waals surface area contributed by atoms with Gasteiger partial charge in [-0.05, 0) is 36.2 Å². The fourth-order valence-corrected chi connectivity index (χ4v) is 4.53. The second kappa shape index (κ2) is 5.97. The van der Waals surface area contributed by atoms with Crippen LogP contribution in [0.2, 0.25) is 18.1 Å². The Balaban J connectivity index is 1.94. The number of hydrogen-bond donors (Lipinski definition) is 0. The molecule has 0 amide bonds. The van der Waals surface area contributed by atoms with E-state index >= 15 is 0 Å². The Labute approximate surface area is 145 Å². The van der Waals surface area contributed by atoms with Crippen LogP contribution in [0.15, 0.2) is 24.3 Å². The third kappa shape index (κ3) is 2.83. The molecular formula is C19H28O4Si. The fourth-order valence-electron chi connectivity index (χ4n) is 3.21. The molecule has 2 heterocycles. The predicted molar refractivity (Wildman–Crippen MR) is 95.6 cm³/mol. The minimum atomic E-state index is -1.99. The first-order valence-electron chi connectivity index (χ1n) is 8.79. The monoisotopic (exact) mass is 348 g/mol. The van der Waals surface area contributed by atoms with Crippen molar-refractivity contribution in [1.82, 2.24) is 0 Å². The molecule has 1 saturated heterocycles. The molecule has 0 aromatic heterocycles. The highest BCUT2D eigenvalue weighted by atomic mass is 28.4. The maximum Gasteiger partial charge on any atom is 0.338 e. The maximum absolute atomic E-state index is 12.4. The van der Waals surface area contributed by atoms with E-state index in [9.17, 15) is 4.79 Å². The standard InChI is InChI=1S/C19H28O4Si/c1-7-14-16(23-24(5,6)19(2,3)4)17-15(21-14)12-10-8-9-11-13(12)18(20)22-17/h8-11,14-17H,7H2,1-6H3/t14-,15-,16+,17+/m1/s1. The van der Waals surface area contributed by atoms with Crippen molar-refractivity contribution in [2.75, 3.05) is 0 Å². The van der Waals surface area contributed by atoms with E-state index in [2.05, 4.69) is 40.8 Å². The van der Waals surface area contributed by atoms with Gasteiger partial charge in [-0.15, -0.1) is 0 Å². The van der Waals surface area contributed by atoms with Gasteiger partial charge in [-0.2, -0.15) is 0 Å². The van der Waals surface area contributed by atoms with Gasteiger partial charge in [0.25, 0.3) is 0 Å². The van der Waals surface area contributed by atoms with Crippen LogP contribution in [0, 0.1) is 0 Å². The Hall–Kier alpha value is -1.17. The number of ether oxygens (including phenoxy) is 2. The Morgan fingerprint density at radius 1 is 1.21 bits per heavy atom. The molecule has 3 rings (SSSR count). The van der Waals surface area contributed by atoms with Gasteiger partial charge < -0.3 is 13.9 Å². The van der Waals surface area contributed by atoms with Gasteiger partial charge in [0.05, 0.1) is 11.7 Å². The Kier molecular flexibility index (Phi) is 4.39. The summed E-state index contributed by atoms with van der Waals surface area (Å²) >= 11 is 0. The zero-order valence-corrected chi connectivity index (χ0v) is 16.5. The highest BCUT2D eigenvalue weighted by molar-refractivity contribution is 6.74. The second-order valence-corrected chi connectivity index (χ2v) is 13.1. The number of benzene rings is 1. The van der Waals surface area contributed by atoms with Crippen molar-refractivity contribution < 1.29 is 18.7 Å². The van der Waals surface area contributed by atoms with Gasteiger partial charge in [-0.25, -0.2) is 4.79 Å². The summed E-state index contributed by atoms with van der Waals surface area (Å²) < 4.78 is 18.7. The van der Waals surface area contributed by atoms with Gasteiger partial charge in [-0.1, -0.05) is 45.9 Å². The van der Waals surface area contributed by atoms with Crippen molar-refractivity contribution in [3.63, 3.8) is 0 Å². The smallest absolute Gasteiger partial charge is 0.338 e. The summed E-state index contributed by atoms with van der Waals surface area (Å²) in [7, 11) is -1.99. The molecule has 4 atom stereocenters. The van der Waals surface area contributed by atoms with Crippen LogP contribution >= 0.6 is 0 Å². The largest absolute Gasteiger partial charge is 0.453 e. The summed E-state index contributed by atoms with van der Waals surface area (Å²) in [6, 6.07) is 7.58. The molecule has 132 valence electrons. The number of hydrogen-bond acceptors (Lipinski definition) is 4. The molecule has 2 aliphatic heterocycles. The Morgan fingerprint density at radius 3 is 2.50 bits per heavy atom. The number of carbonyl (C=O) groups excluding carboxylic acids is 1. The van der Waals surface area contributed by atoms with Gasteiger partial charge in [0, 0.05) is 0 Å². The Morgan fingerprint density at radius 2 is 1.88 bits per heavy atom. The minimum absolute atomic E-state index is 0.0481. The number of esters is 1. The molecule has 0 unspecified atom stereocenters. The van der Waals surface area contributed by atoms with Crippen LogP contribution in [0.3, 0.4) is 0 Å². The third-order valence-corrected chi connectivity index (χ3v) is 10.2. The summed E-state index contributed by atoms with van der Waals surface area (Å²) in [6.45, 7) is 13.2. The summed E-state index contributed by atoms with van der Waals surface area (Å²) in [6.07, 6.45) is 0.0165. The average molecular weight is 349 g/mol. The fraction of sp³-hybridized carbons (Fsp3) is 0.632. The van der Waals surface area contributed by atoms with Crippen molar-refractivity contribution in [3.05, 3.63) is 35.4 Å². The van der Waals surface area contributed by atoms with E-state index in [-0.39, 0.29) is 35.4 Å². The van der Waals surface area contributed by atoms with E-state index in [1.54, 1.807) is 6.07 Å². The van der Waals surface area contributed by atoms with E-state index in [1.165, 1.54) is 0 Å². The molecule has 5 heteroatoms. The first kappa shape index (κ1) is 17.6. The van der Waals surface area contributed by atoms with E-state index in [0.29, 0.717) is 5.56 Å². The van der Waals surface area contributed by atoms with Crippen LogP contribution in [0.5, 0.6) is 0 Å². The van der Waals surface area contributed by atoms with E-state index in [4.69, 9.17) is 13.9 Å². The maximum atomic E-state index is 12.4. The van der Waals surface area contributed by atoms with Crippen molar-refractivity contribution in [1.29, 1.82) is 0 Å². The van der Waals surface area contributed by atoms with E-state index in [1.807, 2.05) is 18.2 Å². The highest BCUT2D eigenvalue weighted by Crippen LogP contribution is 2.46. The molecule has 1 fully saturated rings. The topological polar surface area (TPSA) is 44.8 Å². The molecule has 4 nitrogen and oxygen atoms in total. The third-order valence-electron chi connectivity index (χ3n) is 5.68. The van der Waals surface area contributed by atoms with Gasteiger partial charge in [0.1, 0.15) is 12.2 Å². The molecule has 1 aromatic rings. The molecule has 24 heavy (non-hydrogen) atoms. The molecule has 0 bridgehead atoms. The van der Waals surface area contributed by atoms with Crippen LogP contribution in [0.4, 0.5) is 0 Å². The van der Waals surface area contributed by atoms with Crippen LogP contribution < -0.4 is 0 Å². The predicted octanol–water partition coefficient (Wildman–Crippen LogP) is 4.47. The molecule has 0 aliphatic carbocycles. The van der Waals surface area contributed by atoms with E-state index in [0.717, 1.165) is 12.0 Å². The van der Waals surface area contributed by atoms with Gasteiger partial charge in [-0.3, -0.25) is 0 Å². The highest BCUT2D eigenvalue weighted by Gasteiger charge is 2.54. The molecule has 0 saturated carbocycles. The molecule has 0 N–H and O–H groups in total. The quantitative estimate of drug-likeness (QED) is 0.597. The molecule has 1 aromatic carbocycles. The SMILES string of the molecule is CC[C@H]1O[C@@H]2c3ccccc3C(=O)O[C@@H]2[C@H]1O[Si](C)(C)C(C)(C)C. The van der Waals surface area contributed by atoms with Gasteiger partial charge in [0.2, 0.25) is 0 Å². The van der Waals surface area contributed by atoms with Crippen LogP contribution in [-0.4, -0.2) is 32.6 Å². The molecule has 0 radical (unpaired) electrons. The van der Waals surface area contributed by atoms with E-state index < -0.39 is 8.32 Å². The number of rotatable bonds is 3. The zero-order valence-electron chi connectivity index (χ0n) is 15.5. The lowest BCUT2D eigenvalue weighted by molar-refractivity contribution is -0.0265. The van der Waals surface area contributed by atoms with Crippen LogP contribution in [0.1, 0.15) is 56.1 Å². The molecule has 2 aliphatic rings. The Bertz CT molecular complexity index is 634. The normalized spacial score (nSPS) is 29.8. The number of fused-ring (bicyclic) bond motifs is 3. The summed E-state index contributed by atoms with van der Waals surface area (Å²) in [5, 5.41) is 0.0972. The van der Waals surface area contributed by atoms with Crippen molar-refractivity contribution >= 4 is 14.3 Å². The van der Waals surface area contributed by atoms with Crippen LogP contribution in [-0.2, 0) is 13.9 Å². The first-order valence-corrected chi connectivity index (χ1v) is 11.7. The summed E-state index contributed by atoms with van der Waals surface area (Å²) in [4.78, 5) is 12.4. The molecule has 0 spiro atoms. The number of carbonyl (C=O) groups is 1. The zero-order chi connectivity index (χ0) is 17.7. The lowest BCUT2D eigenvalue weighted by Gasteiger charge is -2.40. The van der Waals surface area contributed by atoms with Crippen molar-refractivity contribution in [2.24, 2.45) is 0 Å². The van der Waals surface area contributed by atoms with Crippen LogP contribution in [0.25, 0.3) is 0 Å². The van der Waals surface area contributed by atoms with Gasteiger partial charge >= 0.3 is 5.97 Å². The summed E-state index contributed by atoms with van der Waals surface area (Å²) in [5.41, 5.74) is 1.54.